The average molecular weight is 458 g/mol. The van der Waals surface area contributed by atoms with E-state index in [4.69, 9.17) is 0 Å². The van der Waals surface area contributed by atoms with Crippen molar-refractivity contribution in [3.05, 3.63) is 53.6 Å². The molecule has 0 atom stereocenters. The molecule has 0 bridgehead atoms. The number of carbonyl (C=O) groups excluding carboxylic acids is 2. The number of imidazole rings is 1. The molecule has 0 fully saturated rings. The van der Waals surface area contributed by atoms with Crippen LogP contribution in [-0.2, 0) is 4.74 Å². The van der Waals surface area contributed by atoms with E-state index >= 15 is 0 Å². The summed E-state index contributed by atoms with van der Waals surface area (Å²) in [6.07, 6.45) is -0.606. The second-order valence-electron chi connectivity index (χ2n) is 7.09. The van der Waals surface area contributed by atoms with E-state index < -0.39 is 24.5 Å². The predicted octanol–water partition coefficient (Wildman–Crippen LogP) is 3.52. The number of amides is 1. The van der Waals surface area contributed by atoms with E-state index in [-0.39, 0.29) is 11.7 Å². The van der Waals surface area contributed by atoms with E-state index in [1.165, 1.54) is 10.7 Å². The van der Waals surface area contributed by atoms with Gasteiger partial charge in [-0.1, -0.05) is 0 Å². The number of methoxy groups -OCH3 is 1. The third-order valence-electron chi connectivity index (χ3n) is 4.14. The van der Waals surface area contributed by atoms with Crippen LogP contribution in [0.25, 0.3) is 11.0 Å². The summed E-state index contributed by atoms with van der Waals surface area (Å²) in [5.41, 5.74) is 2.59. The Hall–Kier alpha value is -2.35. The second-order valence-corrected chi connectivity index (χ2v) is 21.6. The summed E-state index contributed by atoms with van der Waals surface area (Å²) in [5, 5.41) is 2.48. The average Bonchev–Trinajstić information content (AvgIpc) is 3.01. The number of aromatic amines is 1. The minimum absolute atomic E-state index is 0.0326. The van der Waals surface area contributed by atoms with Crippen LogP contribution in [0.3, 0.4) is 0 Å². The third-order valence-corrected chi connectivity index (χ3v) is 9.97. The van der Waals surface area contributed by atoms with Crippen molar-refractivity contribution < 1.29 is 14.3 Å². The van der Waals surface area contributed by atoms with E-state index in [2.05, 4.69) is 40.9 Å². The van der Waals surface area contributed by atoms with Gasteiger partial charge in [-0.2, -0.15) is 0 Å². The van der Waals surface area contributed by atoms with E-state index in [1.54, 1.807) is 18.2 Å². The standard InChI is InChI=1S/C16H12N3O3.3CH3.Sn/c1-22-16(21)19-15-17-12-8-7-11(9-13(12)18-15)14(20)10-5-3-2-4-6-10;;;;/h2-3,5-9H,1H3,(H2,17,18,19,21);3*1H3;. The Bertz CT molecular complexity index is 989. The molecule has 1 heterocycles. The van der Waals surface area contributed by atoms with Gasteiger partial charge in [0.15, 0.2) is 0 Å². The molecule has 1 aromatic heterocycles. The van der Waals surface area contributed by atoms with Crippen LogP contribution in [0.15, 0.2) is 42.5 Å². The van der Waals surface area contributed by atoms with Crippen molar-refractivity contribution in [1.29, 1.82) is 0 Å². The maximum atomic E-state index is 12.9. The van der Waals surface area contributed by atoms with E-state index in [0.29, 0.717) is 16.6 Å². The summed E-state index contributed by atoms with van der Waals surface area (Å²) in [5.74, 6) is 0.245. The molecule has 1 amide bonds. The number of fused-ring (bicyclic) bond motifs is 1. The van der Waals surface area contributed by atoms with Gasteiger partial charge in [-0.15, -0.1) is 0 Å². The molecule has 0 aliphatic carbocycles. The summed E-state index contributed by atoms with van der Waals surface area (Å²) < 4.78 is 5.86. The quantitative estimate of drug-likeness (QED) is 0.463. The molecule has 0 radical (unpaired) electrons. The van der Waals surface area contributed by atoms with Crippen molar-refractivity contribution in [2.24, 2.45) is 0 Å². The molecule has 2 aromatic carbocycles. The fraction of sp³-hybridized carbons (Fsp3) is 0.211. The number of ketones is 1. The molecule has 0 unspecified atom stereocenters. The summed E-state index contributed by atoms with van der Waals surface area (Å²) in [6, 6.07) is 13.2. The van der Waals surface area contributed by atoms with Gasteiger partial charge in [0.05, 0.1) is 7.11 Å². The number of carbonyl (C=O) groups is 2. The number of nitrogens with zero attached hydrogens (tertiary/aromatic N) is 1. The fourth-order valence-corrected chi connectivity index (χ4v) is 6.03. The SMILES string of the molecule is COC(=O)Nc1nc2cc(C(=O)c3ccc[c]([Sn]([CH3])([CH3])[CH3])c3)ccc2[nH]1. The van der Waals surface area contributed by atoms with E-state index in [1.807, 2.05) is 18.2 Å². The molecule has 0 aliphatic heterocycles. The van der Waals surface area contributed by atoms with Crippen LogP contribution in [-0.4, -0.2) is 47.3 Å². The van der Waals surface area contributed by atoms with Crippen LogP contribution in [0.2, 0.25) is 14.8 Å². The van der Waals surface area contributed by atoms with Gasteiger partial charge in [-0.25, -0.2) is 0 Å². The van der Waals surface area contributed by atoms with Gasteiger partial charge in [0.2, 0.25) is 0 Å². The Labute approximate surface area is 155 Å². The molecule has 0 saturated carbocycles. The minimum atomic E-state index is -2.24. The van der Waals surface area contributed by atoms with E-state index in [9.17, 15) is 9.59 Å². The molecule has 0 aliphatic rings. The Morgan fingerprint density at radius 3 is 2.50 bits per heavy atom. The van der Waals surface area contributed by atoms with Crippen LogP contribution in [0, 0.1) is 0 Å². The van der Waals surface area contributed by atoms with Gasteiger partial charge in [0.1, 0.15) is 0 Å². The van der Waals surface area contributed by atoms with Crippen LogP contribution in [0.5, 0.6) is 0 Å². The molecule has 7 heteroatoms. The first-order valence-electron chi connectivity index (χ1n) is 8.28. The van der Waals surface area contributed by atoms with Gasteiger partial charge in [-0.3, -0.25) is 0 Å². The number of rotatable bonds is 4. The van der Waals surface area contributed by atoms with Gasteiger partial charge in [0, 0.05) is 0 Å². The molecule has 3 aromatic rings. The fourth-order valence-electron chi connectivity index (χ4n) is 2.65. The Morgan fingerprint density at radius 1 is 1.08 bits per heavy atom. The number of hydrogen-bond acceptors (Lipinski definition) is 4. The third kappa shape index (κ3) is 3.90. The number of benzene rings is 2. The monoisotopic (exact) mass is 459 g/mol. The second kappa shape index (κ2) is 7.11. The van der Waals surface area contributed by atoms with Crippen molar-refractivity contribution in [2.45, 2.75) is 14.8 Å². The zero-order valence-electron chi connectivity index (χ0n) is 15.2. The maximum absolute atomic E-state index is 12.9. The van der Waals surface area contributed by atoms with Crippen molar-refractivity contribution in [2.75, 3.05) is 12.4 Å². The van der Waals surface area contributed by atoms with Crippen molar-refractivity contribution >= 4 is 50.8 Å². The summed E-state index contributed by atoms with van der Waals surface area (Å²) in [7, 11) is 1.28. The van der Waals surface area contributed by atoms with Gasteiger partial charge >= 0.3 is 149 Å². The number of H-pyrrole nitrogens is 1. The van der Waals surface area contributed by atoms with E-state index in [0.717, 1.165) is 5.52 Å². The Kier molecular flexibility index (Phi) is 5.04. The predicted molar refractivity (Wildman–Crippen MR) is 105 cm³/mol. The first-order valence-corrected chi connectivity index (χ1v) is 18.3. The molecule has 2 N–H and O–H groups in total. The first-order chi connectivity index (χ1) is 12.3. The molecule has 6 nitrogen and oxygen atoms in total. The number of ether oxygens (including phenoxy) is 1. The van der Waals surface area contributed by atoms with Crippen LogP contribution in [0.4, 0.5) is 10.7 Å². The van der Waals surface area contributed by atoms with Crippen LogP contribution < -0.4 is 8.90 Å². The zero-order valence-corrected chi connectivity index (χ0v) is 18.1. The van der Waals surface area contributed by atoms with Crippen molar-refractivity contribution in [1.82, 2.24) is 9.97 Å². The van der Waals surface area contributed by atoms with Crippen molar-refractivity contribution in [3.8, 4) is 0 Å². The number of aromatic nitrogens is 2. The Balaban J connectivity index is 1.92. The van der Waals surface area contributed by atoms with Crippen LogP contribution in [0.1, 0.15) is 15.9 Å². The molecule has 134 valence electrons. The summed E-state index contributed by atoms with van der Waals surface area (Å²) in [4.78, 5) is 38.4. The number of nitrogens with one attached hydrogen (secondary N) is 2. The number of anilines is 1. The topological polar surface area (TPSA) is 84.1 Å². The summed E-state index contributed by atoms with van der Waals surface area (Å²) >= 11 is -2.24. The summed E-state index contributed by atoms with van der Waals surface area (Å²) in [6.45, 7) is 0. The molecule has 26 heavy (non-hydrogen) atoms. The Morgan fingerprint density at radius 2 is 1.81 bits per heavy atom. The van der Waals surface area contributed by atoms with Gasteiger partial charge in [-0.05, 0) is 0 Å². The zero-order chi connectivity index (χ0) is 18.9. The van der Waals surface area contributed by atoms with Crippen LogP contribution >= 0.6 is 0 Å². The normalized spacial score (nSPS) is 11.4. The molecule has 0 spiro atoms. The van der Waals surface area contributed by atoms with Crippen molar-refractivity contribution in [3.63, 3.8) is 0 Å². The first kappa shape index (κ1) is 18.4. The molecular weight excluding hydrogens is 437 g/mol. The molecular formula is C19H21N3O3Sn. The molecule has 0 saturated heterocycles. The molecule has 3 rings (SSSR count). The van der Waals surface area contributed by atoms with Gasteiger partial charge in [0.25, 0.3) is 0 Å². The number of hydrogen-bond donors (Lipinski definition) is 2. The van der Waals surface area contributed by atoms with Gasteiger partial charge < -0.3 is 0 Å².